The van der Waals surface area contributed by atoms with E-state index < -0.39 is 24.1 Å². The summed E-state index contributed by atoms with van der Waals surface area (Å²) in [6.07, 6.45) is -2.03. The molecule has 0 aromatic rings. The van der Waals surface area contributed by atoms with Crippen LogP contribution in [-0.4, -0.2) is 50.1 Å². The van der Waals surface area contributed by atoms with Crippen LogP contribution in [0.1, 0.15) is 13.3 Å². The molecule has 0 aliphatic carbocycles. The van der Waals surface area contributed by atoms with E-state index in [1.807, 2.05) is 0 Å². The molecule has 1 N–H and O–H groups in total. The average Bonchev–Trinajstić information content (AvgIpc) is 2.71. The lowest BCUT2D eigenvalue weighted by Crippen LogP contribution is -2.34. The normalized spacial score (nSPS) is 20.4. The number of carbonyl (C=O) groups excluding carboxylic acids is 2. The van der Waals surface area contributed by atoms with Crippen LogP contribution >= 0.6 is 0 Å². The fourth-order valence-corrected chi connectivity index (χ4v) is 1.47. The first-order valence-corrected chi connectivity index (χ1v) is 5.41. The average molecular weight is 260 g/mol. The molecule has 7 heteroatoms. The molecule has 0 bridgehead atoms. The molecule has 0 fully saturated rings. The first-order chi connectivity index (χ1) is 8.54. The maximum atomic E-state index is 11.4. The van der Waals surface area contributed by atoms with Gasteiger partial charge >= 0.3 is 11.9 Å². The maximum Gasteiger partial charge on any atom is 0.378 e. The Morgan fingerprint density at radius 1 is 1.44 bits per heavy atom. The van der Waals surface area contributed by atoms with E-state index in [4.69, 9.17) is 18.9 Å². The Bertz CT molecular complexity index is 360. The van der Waals surface area contributed by atoms with Crippen molar-refractivity contribution in [2.45, 2.75) is 25.6 Å². The molecule has 102 valence electrons. The molecule has 1 aliphatic heterocycles. The van der Waals surface area contributed by atoms with Crippen LogP contribution in [0, 0.1) is 0 Å². The van der Waals surface area contributed by atoms with Gasteiger partial charge in [-0.2, -0.15) is 0 Å². The predicted molar refractivity (Wildman–Crippen MR) is 58.2 cm³/mol. The van der Waals surface area contributed by atoms with Gasteiger partial charge in [-0.05, 0) is 0 Å². The van der Waals surface area contributed by atoms with Gasteiger partial charge in [-0.1, -0.05) is 6.92 Å². The zero-order chi connectivity index (χ0) is 13.7. The largest absolute Gasteiger partial charge is 0.493 e. The summed E-state index contributed by atoms with van der Waals surface area (Å²) in [6, 6.07) is 0. The molecule has 0 amide bonds. The number of ether oxygens (including phenoxy) is 4. The summed E-state index contributed by atoms with van der Waals surface area (Å²) in [7, 11) is 2.62. The van der Waals surface area contributed by atoms with Crippen molar-refractivity contribution in [2.24, 2.45) is 0 Å². The molecule has 18 heavy (non-hydrogen) atoms. The van der Waals surface area contributed by atoms with Gasteiger partial charge in [-0.15, -0.1) is 0 Å². The molecule has 0 spiro atoms. The summed E-state index contributed by atoms with van der Waals surface area (Å²) < 4.78 is 19.4. The minimum Gasteiger partial charge on any atom is -0.493 e. The lowest BCUT2D eigenvalue weighted by atomic mass is 10.2. The van der Waals surface area contributed by atoms with Crippen LogP contribution in [0.5, 0.6) is 0 Å². The van der Waals surface area contributed by atoms with Gasteiger partial charge in [-0.25, -0.2) is 4.79 Å². The number of carbonyl (C=O) groups is 2. The highest BCUT2D eigenvalue weighted by Gasteiger charge is 2.41. The van der Waals surface area contributed by atoms with E-state index in [9.17, 15) is 14.7 Å². The minimum absolute atomic E-state index is 0.0857. The number of esters is 2. The summed E-state index contributed by atoms with van der Waals surface area (Å²) in [5.41, 5.74) is 0. The van der Waals surface area contributed by atoms with E-state index in [1.165, 1.54) is 14.2 Å². The Labute approximate surface area is 104 Å². The van der Waals surface area contributed by atoms with Crippen molar-refractivity contribution in [1.29, 1.82) is 0 Å². The fraction of sp³-hybridized carbons (Fsp3) is 0.636. The predicted octanol–water partition coefficient (Wildman–Crippen LogP) is -0.270. The molecule has 1 aliphatic rings. The van der Waals surface area contributed by atoms with Crippen LogP contribution in [0.4, 0.5) is 0 Å². The third kappa shape index (κ3) is 2.92. The van der Waals surface area contributed by atoms with Crippen LogP contribution in [0.2, 0.25) is 0 Å². The summed E-state index contributed by atoms with van der Waals surface area (Å²) in [6.45, 7) is 1.35. The number of hydrogen-bond acceptors (Lipinski definition) is 7. The maximum absolute atomic E-state index is 11.4. The van der Waals surface area contributed by atoms with Crippen molar-refractivity contribution in [3.05, 3.63) is 11.5 Å². The first-order valence-electron chi connectivity index (χ1n) is 5.41. The summed E-state index contributed by atoms with van der Waals surface area (Å²) >= 11 is 0. The Kier molecular flexibility index (Phi) is 4.96. The Morgan fingerprint density at radius 3 is 2.61 bits per heavy atom. The molecule has 0 aromatic heterocycles. The Morgan fingerprint density at radius 2 is 2.11 bits per heavy atom. The molecule has 1 heterocycles. The minimum atomic E-state index is -1.20. The topological polar surface area (TPSA) is 91.3 Å². The van der Waals surface area contributed by atoms with Gasteiger partial charge in [0.2, 0.25) is 5.76 Å². The van der Waals surface area contributed by atoms with Crippen molar-refractivity contribution in [3.8, 4) is 0 Å². The fourth-order valence-electron chi connectivity index (χ4n) is 1.47. The molecule has 0 saturated heterocycles. The van der Waals surface area contributed by atoms with Crippen LogP contribution in [0.15, 0.2) is 11.5 Å². The third-order valence-corrected chi connectivity index (χ3v) is 2.38. The highest BCUT2D eigenvalue weighted by atomic mass is 16.6. The zero-order valence-electron chi connectivity index (χ0n) is 10.5. The van der Waals surface area contributed by atoms with E-state index in [1.54, 1.807) is 6.92 Å². The quantitative estimate of drug-likeness (QED) is 0.657. The van der Waals surface area contributed by atoms with Gasteiger partial charge in [0.15, 0.2) is 11.9 Å². The number of hydrogen-bond donors (Lipinski definition) is 1. The van der Waals surface area contributed by atoms with E-state index in [0.29, 0.717) is 0 Å². The summed E-state index contributed by atoms with van der Waals surface area (Å²) in [5, 5.41) is 9.80. The second-order valence-electron chi connectivity index (χ2n) is 3.53. The third-order valence-electron chi connectivity index (χ3n) is 2.38. The van der Waals surface area contributed by atoms with Crippen molar-refractivity contribution in [2.75, 3.05) is 20.8 Å². The SMILES string of the molecule is CCC(=O)OCC(O)C1OC(=O)C(OC)=C1OC. The van der Waals surface area contributed by atoms with E-state index in [2.05, 4.69) is 0 Å². The Balaban J connectivity index is 2.69. The van der Waals surface area contributed by atoms with Gasteiger partial charge in [-0.3, -0.25) is 4.79 Å². The van der Waals surface area contributed by atoms with Crippen molar-refractivity contribution in [3.63, 3.8) is 0 Å². The van der Waals surface area contributed by atoms with Gasteiger partial charge in [0.1, 0.15) is 12.7 Å². The van der Waals surface area contributed by atoms with Crippen molar-refractivity contribution >= 4 is 11.9 Å². The zero-order valence-corrected chi connectivity index (χ0v) is 10.5. The number of cyclic esters (lactones) is 1. The number of rotatable bonds is 6. The highest BCUT2D eigenvalue weighted by molar-refractivity contribution is 5.89. The smallest absolute Gasteiger partial charge is 0.378 e. The molecule has 0 saturated carbocycles. The van der Waals surface area contributed by atoms with Crippen LogP contribution in [0.3, 0.4) is 0 Å². The Hall–Kier alpha value is -1.76. The molecule has 2 atom stereocenters. The van der Waals surface area contributed by atoms with Gasteiger partial charge in [0, 0.05) is 6.42 Å². The second kappa shape index (κ2) is 6.25. The number of aliphatic hydroxyl groups is 1. The standard InChI is InChI=1S/C11H16O7/c1-4-7(13)17-5-6(12)8-9(15-2)10(16-3)11(14)18-8/h6,8,12H,4-5H2,1-3H3. The molecule has 0 aromatic carbocycles. The molecular weight excluding hydrogens is 244 g/mol. The lowest BCUT2D eigenvalue weighted by Gasteiger charge is -2.18. The number of aliphatic hydroxyl groups excluding tert-OH is 1. The molecule has 1 rings (SSSR count). The second-order valence-corrected chi connectivity index (χ2v) is 3.53. The van der Waals surface area contributed by atoms with Gasteiger partial charge < -0.3 is 24.1 Å². The summed E-state index contributed by atoms with van der Waals surface area (Å²) in [4.78, 5) is 22.3. The van der Waals surface area contributed by atoms with E-state index in [-0.39, 0.29) is 24.5 Å². The number of methoxy groups -OCH3 is 2. The van der Waals surface area contributed by atoms with Crippen LogP contribution in [-0.2, 0) is 28.5 Å². The monoisotopic (exact) mass is 260 g/mol. The highest BCUT2D eigenvalue weighted by Crippen LogP contribution is 2.26. The van der Waals surface area contributed by atoms with Crippen molar-refractivity contribution in [1.82, 2.24) is 0 Å². The van der Waals surface area contributed by atoms with Gasteiger partial charge in [0.05, 0.1) is 14.2 Å². The molecule has 7 nitrogen and oxygen atoms in total. The van der Waals surface area contributed by atoms with Crippen molar-refractivity contribution < 1.29 is 33.6 Å². The lowest BCUT2D eigenvalue weighted by molar-refractivity contribution is -0.154. The van der Waals surface area contributed by atoms with E-state index in [0.717, 1.165) is 0 Å². The molecule has 0 radical (unpaired) electrons. The molecule has 2 unspecified atom stereocenters. The van der Waals surface area contributed by atoms with Crippen LogP contribution < -0.4 is 0 Å². The van der Waals surface area contributed by atoms with Gasteiger partial charge in [0.25, 0.3) is 0 Å². The van der Waals surface area contributed by atoms with E-state index >= 15 is 0 Å². The molecular formula is C11H16O7. The summed E-state index contributed by atoms with van der Waals surface area (Å²) in [5.74, 6) is -1.18. The first kappa shape index (κ1) is 14.3. The van der Waals surface area contributed by atoms with Crippen LogP contribution in [0.25, 0.3) is 0 Å².